The highest BCUT2D eigenvalue weighted by molar-refractivity contribution is 5.95. The van der Waals surface area contributed by atoms with Crippen LogP contribution in [0.1, 0.15) is 26.2 Å². The number of carbonyl (C=O) groups is 1. The van der Waals surface area contributed by atoms with Crippen LogP contribution in [-0.4, -0.2) is 23.1 Å². The summed E-state index contributed by atoms with van der Waals surface area (Å²) in [6.45, 7) is 3.47. The zero-order chi connectivity index (χ0) is 14.1. The minimum Gasteiger partial charge on any atom is -0.323 e. The Morgan fingerprint density at radius 3 is 3.10 bits per heavy atom. The molecular weight excluding hydrogens is 254 g/mol. The lowest BCUT2D eigenvalue weighted by Crippen LogP contribution is -2.40. The molecule has 0 bridgehead atoms. The zero-order valence-corrected chi connectivity index (χ0v) is 11.8. The molecule has 2 fully saturated rings. The van der Waals surface area contributed by atoms with Crippen LogP contribution in [0.15, 0.2) is 23.1 Å². The number of rotatable bonds is 3. The van der Waals surface area contributed by atoms with Crippen LogP contribution >= 0.6 is 0 Å². The average molecular weight is 275 g/mol. The number of aromatic nitrogens is 1. The molecule has 2 N–H and O–H groups in total. The predicted octanol–water partition coefficient (Wildman–Crippen LogP) is 1.19. The van der Waals surface area contributed by atoms with E-state index in [9.17, 15) is 9.59 Å². The molecule has 1 amide bonds. The number of amides is 1. The molecule has 1 saturated heterocycles. The second-order valence-corrected chi connectivity index (χ2v) is 5.77. The van der Waals surface area contributed by atoms with Gasteiger partial charge < -0.3 is 15.2 Å². The zero-order valence-electron chi connectivity index (χ0n) is 11.8. The maximum Gasteiger partial charge on any atom is 0.250 e. The SMILES string of the molecule is CCn1cc(NC(=O)C2NCC3CCCC32)ccc1=O. The average Bonchev–Trinajstić information content (AvgIpc) is 3.03. The van der Waals surface area contributed by atoms with Gasteiger partial charge in [-0.25, -0.2) is 0 Å². The third kappa shape index (κ3) is 2.38. The van der Waals surface area contributed by atoms with Crippen molar-refractivity contribution in [2.45, 2.75) is 38.8 Å². The summed E-state index contributed by atoms with van der Waals surface area (Å²) in [5.74, 6) is 1.17. The number of nitrogens with one attached hydrogen (secondary N) is 2. The highest BCUT2D eigenvalue weighted by atomic mass is 16.2. The van der Waals surface area contributed by atoms with Crippen molar-refractivity contribution in [3.05, 3.63) is 28.7 Å². The molecule has 5 nitrogen and oxygen atoms in total. The lowest BCUT2D eigenvalue weighted by Gasteiger charge is -2.18. The first-order valence-electron chi connectivity index (χ1n) is 7.44. The third-order valence-electron chi connectivity index (χ3n) is 4.62. The van der Waals surface area contributed by atoms with Crippen molar-refractivity contribution in [1.29, 1.82) is 0 Å². The second-order valence-electron chi connectivity index (χ2n) is 5.77. The maximum absolute atomic E-state index is 12.4. The molecular formula is C15H21N3O2. The Balaban J connectivity index is 1.71. The summed E-state index contributed by atoms with van der Waals surface area (Å²) in [4.78, 5) is 23.9. The molecule has 3 unspecified atom stereocenters. The monoisotopic (exact) mass is 275 g/mol. The molecule has 0 aromatic carbocycles. The molecule has 0 radical (unpaired) electrons. The molecule has 5 heteroatoms. The van der Waals surface area contributed by atoms with E-state index in [0.717, 1.165) is 13.0 Å². The number of nitrogens with zero attached hydrogens (tertiary/aromatic N) is 1. The molecule has 108 valence electrons. The maximum atomic E-state index is 12.4. The van der Waals surface area contributed by atoms with Crippen LogP contribution in [0.2, 0.25) is 0 Å². The molecule has 1 aromatic heterocycles. The summed E-state index contributed by atoms with van der Waals surface area (Å²) in [6.07, 6.45) is 5.33. The summed E-state index contributed by atoms with van der Waals surface area (Å²) in [6, 6.07) is 3.09. The van der Waals surface area contributed by atoms with Crippen LogP contribution in [0.4, 0.5) is 5.69 Å². The molecule has 3 atom stereocenters. The van der Waals surface area contributed by atoms with Gasteiger partial charge in [-0.15, -0.1) is 0 Å². The smallest absolute Gasteiger partial charge is 0.250 e. The fourth-order valence-electron chi connectivity index (χ4n) is 3.55. The van der Waals surface area contributed by atoms with Crippen LogP contribution in [0.5, 0.6) is 0 Å². The van der Waals surface area contributed by atoms with Crippen LogP contribution in [0, 0.1) is 11.8 Å². The molecule has 0 spiro atoms. The number of carbonyl (C=O) groups excluding carboxylic acids is 1. The minimum atomic E-state index is -0.0792. The van der Waals surface area contributed by atoms with Gasteiger partial charge in [0.05, 0.1) is 11.7 Å². The van der Waals surface area contributed by atoms with Crippen molar-refractivity contribution in [1.82, 2.24) is 9.88 Å². The number of hydrogen-bond donors (Lipinski definition) is 2. The van der Waals surface area contributed by atoms with E-state index in [1.807, 2.05) is 6.92 Å². The standard InChI is InChI=1S/C15H21N3O2/c1-2-18-9-11(6-7-13(18)19)17-15(20)14-12-5-3-4-10(12)8-16-14/h6-7,9-10,12,14,16H,2-5,8H2,1H3,(H,17,20). The topological polar surface area (TPSA) is 63.1 Å². The van der Waals surface area contributed by atoms with Gasteiger partial charge >= 0.3 is 0 Å². The highest BCUT2D eigenvalue weighted by Gasteiger charge is 2.42. The van der Waals surface area contributed by atoms with Crippen LogP contribution in [0.25, 0.3) is 0 Å². The van der Waals surface area contributed by atoms with E-state index < -0.39 is 0 Å². The van der Waals surface area contributed by atoms with E-state index >= 15 is 0 Å². The molecule has 1 aliphatic heterocycles. The van der Waals surface area contributed by atoms with Gasteiger partial charge in [0.1, 0.15) is 0 Å². The van der Waals surface area contributed by atoms with Crippen LogP contribution in [-0.2, 0) is 11.3 Å². The van der Waals surface area contributed by atoms with Gasteiger partial charge in [0.25, 0.3) is 5.56 Å². The van der Waals surface area contributed by atoms with Crippen molar-refractivity contribution in [2.75, 3.05) is 11.9 Å². The molecule has 3 rings (SSSR count). The minimum absolute atomic E-state index is 0.0284. The van der Waals surface area contributed by atoms with Gasteiger partial charge in [-0.05, 0) is 44.2 Å². The number of hydrogen-bond acceptors (Lipinski definition) is 3. The quantitative estimate of drug-likeness (QED) is 0.871. The fourth-order valence-corrected chi connectivity index (χ4v) is 3.55. The van der Waals surface area contributed by atoms with Crippen molar-refractivity contribution in [3.8, 4) is 0 Å². The van der Waals surface area contributed by atoms with Crippen molar-refractivity contribution in [2.24, 2.45) is 11.8 Å². The molecule has 2 heterocycles. The number of pyridine rings is 1. The van der Waals surface area contributed by atoms with E-state index in [-0.39, 0.29) is 17.5 Å². The van der Waals surface area contributed by atoms with Crippen molar-refractivity contribution in [3.63, 3.8) is 0 Å². The Hall–Kier alpha value is -1.62. The molecule has 20 heavy (non-hydrogen) atoms. The Morgan fingerprint density at radius 2 is 2.30 bits per heavy atom. The largest absolute Gasteiger partial charge is 0.323 e. The summed E-state index contributed by atoms with van der Waals surface area (Å²) in [7, 11) is 0. The first kappa shape index (κ1) is 13.4. The van der Waals surface area contributed by atoms with E-state index in [4.69, 9.17) is 0 Å². The molecule has 1 aromatic rings. The lowest BCUT2D eigenvalue weighted by atomic mass is 9.93. The Labute approximate surface area is 118 Å². The first-order valence-corrected chi connectivity index (χ1v) is 7.44. The predicted molar refractivity (Wildman–Crippen MR) is 77.6 cm³/mol. The fraction of sp³-hybridized carbons (Fsp3) is 0.600. The van der Waals surface area contributed by atoms with Crippen LogP contribution < -0.4 is 16.2 Å². The summed E-state index contributed by atoms with van der Waals surface area (Å²) in [5.41, 5.74) is 0.653. The highest BCUT2D eigenvalue weighted by Crippen LogP contribution is 2.37. The Bertz CT molecular complexity index is 566. The number of fused-ring (bicyclic) bond motifs is 1. The van der Waals surface area contributed by atoms with Gasteiger partial charge in [-0.2, -0.15) is 0 Å². The van der Waals surface area contributed by atoms with Crippen LogP contribution in [0.3, 0.4) is 0 Å². The summed E-state index contributed by atoms with van der Waals surface area (Å²) >= 11 is 0. The summed E-state index contributed by atoms with van der Waals surface area (Å²) in [5, 5.41) is 6.28. The van der Waals surface area contributed by atoms with Gasteiger partial charge in [0, 0.05) is 18.8 Å². The second kappa shape index (κ2) is 5.40. The first-order chi connectivity index (χ1) is 9.69. The van der Waals surface area contributed by atoms with Gasteiger partial charge in [-0.1, -0.05) is 6.42 Å². The molecule has 1 aliphatic carbocycles. The van der Waals surface area contributed by atoms with E-state index in [1.165, 1.54) is 18.9 Å². The van der Waals surface area contributed by atoms with Gasteiger partial charge in [0.2, 0.25) is 5.91 Å². The number of aryl methyl sites for hydroxylation is 1. The number of anilines is 1. The molecule has 2 aliphatic rings. The molecule has 1 saturated carbocycles. The van der Waals surface area contributed by atoms with E-state index in [1.54, 1.807) is 16.8 Å². The lowest BCUT2D eigenvalue weighted by molar-refractivity contribution is -0.118. The van der Waals surface area contributed by atoms with Crippen molar-refractivity contribution < 1.29 is 4.79 Å². The Kier molecular flexibility index (Phi) is 3.61. The normalized spacial score (nSPS) is 28.4. The third-order valence-corrected chi connectivity index (χ3v) is 4.62. The van der Waals surface area contributed by atoms with Gasteiger partial charge in [-0.3, -0.25) is 9.59 Å². The van der Waals surface area contributed by atoms with Crippen molar-refractivity contribution >= 4 is 11.6 Å². The summed E-state index contributed by atoms with van der Waals surface area (Å²) < 4.78 is 1.59. The van der Waals surface area contributed by atoms with E-state index in [2.05, 4.69) is 10.6 Å². The van der Waals surface area contributed by atoms with Gasteiger partial charge in [0.15, 0.2) is 0 Å². The van der Waals surface area contributed by atoms with E-state index in [0.29, 0.717) is 24.1 Å². The Morgan fingerprint density at radius 1 is 1.45 bits per heavy atom.